The fourth-order valence-corrected chi connectivity index (χ4v) is 1.06. The van der Waals surface area contributed by atoms with E-state index >= 15 is 0 Å². The minimum Gasteiger partial charge on any atom is -0.394 e. The Hall–Kier alpha value is -0.200. The maximum Gasteiger partial charge on any atom is 0.186 e. The molecule has 0 aromatic carbocycles. The van der Waals surface area contributed by atoms with E-state index in [-0.39, 0.29) is 6.61 Å². The van der Waals surface area contributed by atoms with Crippen LogP contribution in [0.15, 0.2) is 0 Å². The lowest BCUT2D eigenvalue weighted by Gasteiger charge is -2.11. The maximum absolute atomic E-state index is 9.15. The van der Waals surface area contributed by atoms with Gasteiger partial charge in [0.15, 0.2) is 6.29 Å². The average Bonchev–Trinajstić information content (AvgIpc) is 2.30. The highest BCUT2D eigenvalue weighted by molar-refractivity contribution is 4.85. The van der Waals surface area contributed by atoms with Gasteiger partial charge in [0.1, 0.15) is 18.3 Å². The predicted molar refractivity (Wildman–Crippen MR) is 34.8 cm³/mol. The molecule has 1 heterocycles. The first-order valence-electron chi connectivity index (χ1n) is 3.36. The normalized spacial score (nSPS) is 44.7. The third kappa shape index (κ3) is 1.52. The van der Waals surface area contributed by atoms with Gasteiger partial charge in [0.25, 0.3) is 0 Å². The summed E-state index contributed by atoms with van der Waals surface area (Å²) in [6.45, 7) is -0.321. The van der Waals surface area contributed by atoms with E-state index in [0.717, 1.165) is 0 Å². The van der Waals surface area contributed by atoms with E-state index in [1.54, 1.807) is 0 Å². The van der Waals surface area contributed by atoms with Gasteiger partial charge >= 0.3 is 0 Å². The molecule has 0 aromatic heterocycles. The maximum atomic E-state index is 9.15. The molecule has 0 radical (unpaired) electrons. The van der Waals surface area contributed by atoms with E-state index in [0.29, 0.717) is 0 Å². The van der Waals surface area contributed by atoms with Crippen LogP contribution in [-0.4, -0.2) is 53.6 Å². The van der Waals surface area contributed by atoms with Crippen molar-refractivity contribution in [2.24, 2.45) is 0 Å². The number of aliphatic hydroxyl groups is 3. The van der Waals surface area contributed by atoms with Gasteiger partial charge in [0.2, 0.25) is 0 Å². The van der Waals surface area contributed by atoms with Crippen LogP contribution in [0.25, 0.3) is 0 Å². The van der Waals surface area contributed by atoms with Gasteiger partial charge < -0.3 is 24.8 Å². The number of aliphatic hydroxyl groups excluding tert-OH is 3. The van der Waals surface area contributed by atoms with Crippen LogP contribution in [0, 0.1) is 0 Å². The molecule has 5 nitrogen and oxygen atoms in total. The quantitative estimate of drug-likeness (QED) is 0.443. The summed E-state index contributed by atoms with van der Waals surface area (Å²) in [5.74, 6) is 0. The first kappa shape index (κ1) is 8.89. The summed E-state index contributed by atoms with van der Waals surface area (Å²) in [4.78, 5) is 0. The zero-order valence-electron chi connectivity index (χ0n) is 6.17. The summed E-state index contributed by atoms with van der Waals surface area (Å²) < 4.78 is 9.59. The zero-order valence-corrected chi connectivity index (χ0v) is 6.17. The van der Waals surface area contributed by atoms with Crippen molar-refractivity contribution in [1.82, 2.24) is 0 Å². The molecule has 4 unspecified atom stereocenters. The van der Waals surface area contributed by atoms with E-state index in [4.69, 9.17) is 20.1 Å². The molecule has 1 aliphatic heterocycles. The smallest absolute Gasteiger partial charge is 0.186 e. The Morgan fingerprint density at radius 1 is 1.36 bits per heavy atom. The summed E-state index contributed by atoms with van der Waals surface area (Å²) in [5.41, 5.74) is 0. The zero-order chi connectivity index (χ0) is 8.43. The van der Waals surface area contributed by atoms with Gasteiger partial charge in [-0.05, 0) is 0 Å². The molecule has 0 spiro atoms. The second-order valence-electron chi connectivity index (χ2n) is 2.44. The molecule has 1 fully saturated rings. The van der Waals surface area contributed by atoms with Crippen LogP contribution in [0.4, 0.5) is 0 Å². The van der Waals surface area contributed by atoms with E-state index in [1.165, 1.54) is 7.11 Å². The molecule has 3 N–H and O–H groups in total. The van der Waals surface area contributed by atoms with Crippen molar-refractivity contribution in [3.63, 3.8) is 0 Å². The van der Waals surface area contributed by atoms with Crippen molar-refractivity contribution in [3.05, 3.63) is 0 Å². The second kappa shape index (κ2) is 3.46. The Kier molecular flexibility index (Phi) is 2.80. The van der Waals surface area contributed by atoms with Crippen molar-refractivity contribution >= 4 is 0 Å². The SMILES string of the molecule is COC1OC(CO)C(O)C1O. The van der Waals surface area contributed by atoms with E-state index in [2.05, 4.69) is 4.74 Å². The van der Waals surface area contributed by atoms with Crippen molar-refractivity contribution in [1.29, 1.82) is 0 Å². The summed E-state index contributed by atoms with van der Waals surface area (Å²) in [6, 6.07) is 0. The Morgan fingerprint density at radius 2 is 2.00 bits per heavy atom. The molecule has 0 amide bonds. The molecule has 0 aromatic rings. The van der Waals surface area contributed by atoms with Crippen LogP contribution < -0.4 is 0 Å². The topological polar surface area (TPSA) is 79.2 Å². The number of rotatable bonds is 2. The largest absolute Gasteiger partial charge is 0.394 e. The Morgan fingerprint density at radius 3 is 2.27 bits per heavy atom. The number of methoxy groups -OCH3 is 1. The van der Waals surface area contributed by atoms with Gasteiger partial charge in [-0.2, -0.15) is 0 Å². The Labute approximate surface area is 64.2 Å². The number of hydrogen-bond acceptors (Lipinski definition) is 5. The first-order valence-corrected chi connectivity index (χ1v) is 3.36. The highest BCUT2D eigenvalue weighted by atomic mass is 16.7. The third-order valence-electron chi connectivity index (χ3n) is 1.73. The van der Waals surface area contributed by atoms with Crippen LogP contribution in [0.5, 0.6) is 0 Å². The summed E-state index contributed by atoms with van der Waals surface area (Å²) in [7, 11) is 1.36. The van der Waals surface area contributed by atoms with Gasteiger partial charge in [-0.3, -0.25) is 0 Å². The van der Waals surface area contributed by atoms with Gasteiger partial charge in [-0.25, -0.2) is 0 Å². The summed E-state index contributed by atoms with van der Waals surface area (Å²) in [5, 5.41) is 26.9. The van der Waals surface area contributed by atoms with Gasteiger partial charge in [0.05, 0.1) is 6.61 Å². The van der Waals surface area contributed by atoms with E-state index in [1.807, 2.05) is 0 Å². The minimum absolute atomic E-state index is 0.321. The lowest BCUT2D eigenvalue weighted by atomic mass is 10.1. The Balaban J connectivity index is 2.53. The lowest BCUT2D eigenvalue weighted by Crippen LogP contribution is -2.34. The molecule has 11 heavy (non-hydrogen) atoms. The fraction of sp³-hybridized carbons (Fsp3) is 1.00. The van der Waals surface area contributed by atoms with Crippen LogP contribution in [0.1, 0.15) is 0 Å². The summed E-state index contributed by atoms with van der Waals surface area (Å²) >= 11 is 0. The van der Waals surface area contributed by atoms with E-state index < -0.39 is 24.6 Å². The first-order chi connectivity index (χ1) is 5.20. The minimum atomic E-state index is -1.07. The molecular formula is C6H12O5. The highest BCUT2D eigenvalue weighted by Gasteiger charge is 2.42. The van der Waals surface area contributed by atoms with Gasteiger partial charge in [-0.15, -0.1) is 0 Å². The highest BCUT2D eigenvalue weighted by Crippen LogP contribution is 2.20. The van der Waals surface area contributed by atoms with Crippen molar-refractivity contribution in [3.8, 4) is 0 Å². The van der Waals surface area contributed by atoms with Crippen LogP contribution in [0.3, 0.4) is 0 Å². The molecule has 4 atom stereocenters. The molecule has 0 aliphatic carbocycles. The molecule has 1 saturated heterocycles. The second-order valence-corrected chi connectivity index (χ2v) is 2.44. The molecule has 66 valence electrons. The fourth-order valence-electron chi connectivity index (χ4n) is 1.06. The molecule has 1 aliphatic rings. The van der Waals surface area contributed by atoms with Crippen LogP contribution >= 0.6 is 0 Å². The molecule has 5 heteroatoms. The molecular weight excluding hydrogens is 152 g/mol. The molecule has 1 rings (SSSR count). The summed E-state index contributed by atoms with van der Waals surface area (Å²) in [6.07, 6.45) is -3.71. The molecule has 0 bridgehead atoms. The number of ether oxygens (including phenoxy) is 2. The molecule has 0 saturated carbocycles. The lowest BCUT2D eigenvalue weighted by molar-refractivity contribution is -0.153. The third-order valence-corrected chi connectivity index (χ3v) is 1.73. The monoisotopic (exact) mass is 164 g/mol. The predicted octanol–water partition coefficient (Wildman–Crippen LogP) is -1.93. The van der Waals surface area contributed by atoms with Gasteiger partial charge in [-0.1, -0.05) is 0 Å². The van der Waals surface area contributed by atoms with Crippen molar-refractivity contribution in [2.75, 3.05) is 13.7 Å². The Bertz CT molecular complexity index is 110. The van der Waals surface area contributed by atoms with Gasteiger partial charge in [0, 0.05) is 7.11 Å². The standard InChI is InChI=1S/C6H12O5/c1-10-6-5(9)4(8)3(2-7)11-6/h3-9H,2H2,1H3. The van der Waals surface area contributed by atoms with E-state index in [9.17, 15) is 0 Å². The van der Waals surface area contributed by atoms with Crippen molar-refractivity contribution < 1.29 is 24.8 Å². The average molecular weight is 164 g/mol. The number of hydrogen-bond donors (Lipinski definition) is 3. The van der Waals surface area contributed by atoms with Crippen LogP contribution in [-0.2, 0) is 9.47 Å². The van der Waals surface area contributed by atoms with Crippen molar-refractivity contribution in [2.45, 2.75) is 24.6 Å². The van der Waals surface area contributed by atoms with Crippen LogP contribution in [0.2, 0.25) is 0 Å².